The van der Waals surface area contributed by atoms with E-state index in [-0.39, 0.29) is 40.6 Å². The van der Waals surface area contributed by atoms with Crippen molar-refractivity contribution < 1.29 is 2.85 Å². The van der Waals surface area contributed by atoms with Gasteiger partial charge in [-0.15, -0.1) is 23.2 Å². The standard InChI is InChI=1S/C5H11Cl2N.Ca.2H/c1-8(4-2-6)5-3-7;;;/h2-5H2,1H3;;;/q;+2;2*-1. The quantitative estimate of drug-likeness (QED) is 0.485. The van der Waals surface area contributed by atoms with Gasteiger partial charge in [0.2, 0.25) is 0 Å². The van der Waals surface area contributed by atoms with Crippen molar-refractivity contribution in [3.05, 3.63) is 0 Å². The van der Waals surface area contributed by atoms with E-state index in [0.717, 1.165) is 13.1 Å². The van der Waals surface area contributed by atoms with Crippen LogP contribution < -0.4 is 0 Å². The molecule has 0 fully saturated rings. The van der Waals surface area contributed by atoms with Crippen LogP contribution in [0.5, 0.6) is 0 Å². The maximum Gasteiger partial charge on any atom is 2.00 e. The van der Waals surface area contributed by atoms with Gasteiger partial charge in [0.25, 0.3) is 0 Å². The van der Waals surface area contributed by atoms with Gasteiger partial charge >= 0.3 is 37.7 Å². The van der Waals surface area contributed by atoms with Crippen LogP contribution in [-0.2, 0) is 0 Å². The Morgan fingerprint density at radius 2 is 1.56 bits per heavy atom. The van der Waals surface area contributed by atoms with Crippen molar-refractivity contribution in [3.8, 4) is 0 Å². The Kier molecular flexibility index (Phi) is 14.6. The fraction of sp³-hybridized carbons (Fsp3) is 1.00. The first-order valence-electron chi connectivity index (χ1n) is 2.61. The molecule has 0 spiro atoms. The summed E-state index contributed by atoms with van der Waals surface area (Å²) in [4.78, 5) is 2.10. The fourth-order valence-electron chi connectivity index (χ4n) is 0.400. The third-order valence-corrected chi connectivity index (χ3v) is 1.27. The average molecular weight is 198 g/mol. The van der Waals surface area contributed by atoms with Gasteiger partial charge in [-0.2, -0.15) is 0 Å². The van der Waals surface area contributed by atoms with Crippen molar-refractivity contribution >= 4 is 60.9 Å². The van der Waals surface area contributed by atoms with Gasteiger partial charge < -0.3 is 7.75 Å². The summed E-state index contributed by atoms with van der Waals surface area (Å²) in [5, 5.41) is 0. The SMILES string of the molecule is CN(CCCl)CCCl.[Ca+2].[H-].[H-]. The molecule has 0 radical (unpaired) electrons. The van der Waals surface area contributed by atoms with Crippen LogP contribution in [0, 0.1) is 0 Å². The summed E-state index contributed by atoms with van der Waals surface area (Å²) in [5.74, 6) is 1.38. The largest absolute Gasteiger partial charge is 2.00 e. The normalized spacial score (nSPS) is 9.33. The van der Waals surface area contributed by atoms with E-state index in [1.165, 1.54) is 0 Å². The molecule has 0 atom stereocenters. The summed E-state index contributed by atoms with van der Waals surface area (Å²) < 4.78 is 0. The molecule has 0 unspecified atom stereocenters. The molecule has 0 saturated carbocycles. The summed E-state index contributed by atoms with van der Waals surface area (Å²) in [6, 6.07) is 0. The van der Waals surface area contributed by atoms with Crippen LogP contribution in [0.25, 0.3) is 0 Å². The van der Waals surface area contributed by atoms with E-state index < -0.39 is 0 Å². The van der Waals surface area contributed by atoms with E-state index in [1.807, 2.05) is 7.05 Å². The smallest absolute Gasteiger partial charge is 1.00 e. The van der Waals surface area contributed by atoms with Gasteiger partial charge in [-0.25, -0.2) is 0 Å². The van der Waals surface area contributed by atoms with Crippen LogP contribution in [0.15, 0.2) is 0 Å². The Morgan fingerprint density at radius 1 is 1.22 bits per heavy atom. The van der Waals surface area contributed by atoms with E-state index in [0.29, 0.717) is 11.8 Å². The first kappa shape index (κ1) is 13.4. The number of hydrogen-bond donors (Lipinski definition) is 0. The van der Waals surface area contributed by atoms with Crippen molar-refractivity contribution in [2.45, 2.75) is 0 Å². The molecule has 4 heteroatoms. The van der Waals surface area contributed by atoms with Crippen LogP contribution in [0.2, 0.25) is 0 Å². The first-order chi connectivity index (χ1) is 3.81. The van der Waals surface area contributed by atoms with Crippen LogP contribution in [0.3, 0.4) is 0 Å². The van der Waals surface area contributed by atoms with Gasteiger partial charge in [0, 0.05) is 24.8 Å². The predicted octanol–water partition coefficient (Wildman–Crippen LogP) is 1.24. The third-order valence-electron chi connectivity index (χ3n) is 0.932. The number of rotatable bonds is 4. The van der Waals surface area contributed by atoms with Gasteiger partial charge in [0.15, 0.2) is 0 Å². The maximum atomic E-state index is 5.45. The minimum absolute atomic E-state index is 0. The summed E-state index contributed by atoms with van der Waals surface area (Å²) in [6.45, 7) is 1.85. The van der Waals surface area contributed by atoms with Gasteiger partial charge in [-0.1, -0.05) is 0 Å². The summed E-state index contributed by atoms with van der Waals surface area (Å²) in [5.41, 5.74) is 0. The molecular formula is C5H13CaCl2N. The zero-order valence-corrected chi connectivity index (χ0v) is 9.46. The number of alkyl halides is 2. The van der Waals surface area contributed by atoms with E-state index in [2.05, 4.69) is 4.90 Å². The second kappa shape index (κ2) is 9.80. The van der Waals surface area contributed by atoms with E-state index >= 15 is 0 Å². The molecule has 0 aliphatic carbocycles. The molecule has 0 amide bonds. The Labute approximate surface area is 99.7 Å². The predicted molar refractivity (Wildman–Crippen MR) is 46.9 cm³/mol. The van der Waals surface area contributed by atoms with E-state index in [9.17, 15) is 0 Å². The monoisotopic (exact) mass is 197 g/mol. The topological polar surface area (TPSA) is 3.24 Å². The van der Waals surface area contributed by atoms with Crippen LogP contribution in [0.1, 0.15) is 2.85 Å². The van der Waals surface area contributed by atoms with Gasteiger partial charge in [0.1, 0.15) is 0 Å². The van der Waals surface area contributed by atoms with Crippen molar-refractivity contribution in [2.75, 3.05) is 31.9 Å². The molecule has 0 aromatic rings. The number of nitrogens with zero attached hydrogens (tertiary/aromatic N) is 1. The Bertz CT molecular complexity index is 55.7. The Hall–Kier alpha value is 1.80. The Morgan fingerprint density at radius 3 is 1.78 bits per heavy atom. The molecule has 0 heterocycles. The van der Waals surface area contributed by atoms with Crippen LogP contribution >= 0.6 is 23.2 Å². The zero-order valence-electron chi connectivity index (χ0n) is 7.74. The fourth-order valence-corrected chi connectivity index (χ4v) is 0.977. The molecule has 0 aromatic heterocycles. The summed E-state index contributed by atoms with van der Waals surface area (Å²) >= 11 is 10.9. The van der Waals surface area contributed by atoms with Gasteiger partial charge in [-0.3, -0.25) is 0 Å². The molecule has 1 nitrogen and oxygen atoms in total. The molecule has 0 aromatic carbocycles. The molecule has 54 valence electrons. The minimum Gasteiger partial charge on any atom is -1.00 e. The molecule has 0 aliphatic heterocycles. The van der Waals surface area contributed by atoms with Crippen molar-refractivity contribution in [2.24, 2.45) is 0 Å². The number of hydrogen-bond acceptors (Lipinski definition) is 1. The minimum atomic E-state index is 0. The Balaban J connectivity index is -0.0000000817. The van der Waals surface area contributed by atoms with Gasteiger partial charge in [0.05, 0.1) is 0 Å². The molecule has 0 N–H and O–H groups in total. The van der Waals surface area contributed by atoms with Crippen LogP contribution in [-0.4, -0.2) is 74.5 Å². The number of halogens is 2. The molecule has 0 rings (SSSR count). The van der Waals surface area contributed by atoms with E-state index in [4.69, 9.17) is 23.2 Å². The second-order valence-corrected chi connectivity index (χ2v) is 2.44. The molecular weight excluding hydrogens is 185 g/mol. The van der Waals surface area contributed by atoms with Crippen molar-refractivity contribution in [1.29, 1.82) is 0 Å². The molecule has 0 saturated heterocycles. The average Bonchev–Trinajstić information content (AvgIpc) is 1.68. The maximum absolute atomic E-state index is 5.45. The second-order valence-electron chi connectivity index (χ2n) is 1.68. The summed E-state index contributed by atoms with van der Waals surface area (Å²) in [7, 11) is 2.00. The van der Waals surface area contributed by atoms with Gasteiger partial charge in [-0.05, 0) is 7.05 Å². The van der Waals surface area contributed by atoms with E-state index in [1.54, 1.807) is 0 Å². The molecule has 9 heavy (non-hydrogen) atoms. The van der Waals surface area contributed by atoms with Crippen molar-refractivity contribution in [1.82, 2.24) is 4.90 Å². The third kappa shape index (κ3) is 9.80. The molecule has 0 bridgehead atoms. The zero-order chi connectivity index (χ0) is 6.41. The first-order valence-corrected chi connectivity index (χ1v) is 3.68. The van der Waals surface area contributed by atoms with Crippen LogP contribution in [0.4, 0.5) is 0 Å². The molecule has 0 aliphatic rings. The summed E-state index contributed by atoms with van der Waals surface area (Å²) in [6.07, 6.45) is 0. The van der Waals surface area contributed by atoms with Crippen molar-refractivity contribution in [3.63, 3.8) is 0 Å².